The summed E-state index contributed by atoms with van der Waals surface area (Å²) in [7, 11) is 0. The van der Waals surface area contributed by atoms with E-state index in [2.05, 4.69) is 15.0 Å². The zero-order valence-electron chi connectivity index (χ0n) is 54.9. The highest BCUT2D eigenvalue weighted by Crippen LogP contribution is 2.41. The Hall–Kier alpha value is -7.69. The number of aromatic nitrogens is 3. The van der Waals surface area contributed by atoms with Crippen LogP contribution in [0, 0.1) is 0 Å². The van der Waals surface area contributed by atoms with Crippen LogP contribution in [0.1, 0.15) is 35.6 Å². The second kappa shape index (κ2) is 13.6. The van der Waals surface area contributed by atoms with Gasteiger partial charge in [0.25, 0.3) is 0 Å². The van der Waals surface area contributed by atoms with Crippen LogP contribution in [0.15, 0.2) is 206 Å². The molecule has 0 aliphatic carbocycles. The zero-order chi connectivity index (χ0) is 60.3. The average Bonchev–Trinajstić information content (AvgIpc) is 1.32. The summed E-state index contributed by atoms with van der Waals surface area (Å²) < 4.78 is 235. The molecule has 3 aromatic heterocycles. The SMILES string of the molecule is [2H]c1cc([2H])c(-c2nc3c(c([2H])c2[2H])c([2H])c([2H])c2c([2H])c([2H])c(-c4c([2H])c([2H])cc5c4c([2H])c([2H])c4c(-c6c([2H])c([2H])c(N(c7ccccc7)c7c([2H])c([2H])cc([2H])c7[2H])c([2H])c6[2H])nc6c([2H])c([2H])c([2H])c([2H])c6c45)nc23)c([2H])c1[2H]. The number of benzene rings is 8. The molecular formula is C53H34N4. The number of pyridine rings is 3. The Bertz CT molecular complexity index is 4770. The summed E-state index contributed by atoms with van der Waals surface area (Å²) in [4.78, 5) is 14.7. The Kier molecular flexibility index (Phi) is 3.76. The first-order chi connectivity index (χ1) is 39.1. The molecule has 0 atom stereocenters. The highest BCUT2D eigenvalue weighted by molar-refractivity contribution is 6.24. The normalized spacial score (nSPS) is 17.9. The smallest absolute Gasteiger partial charge is 0.0972 e. The Balaban J connectivity index is 1.29. The number of para-hydroxylation sites is 3. The van der Waals surface area contributed by atoms with Crippen molar-refractivity contribution in [1.29, 1.82) is 0 Å². The van der Waals surface area contributed by atoms with E-state index in [9.17, 15) is 15.1 Å². The molecule has 0 aliphatic rings. The third-order valence-corrected chi connectivity index (χ3v) is 9.07. The van der Waals surface area contributed by atoms with Crippen molar-refractivity contribution in [3.63, 3.8) is 0 Å². The van der Waals surface area contributed by atoms with Crippen molar-refractivity contribution in [2.75, 3.05) is 4.90 Å². The highest BCUT2D eigenvalue weighted by atomic mass is 15.1. The number of hydrogen-bond donors (Lipinski definition) is 0. The molecule has 11 rings (SSSR count). The van der Waals surface area contributed by atoms with Crippen molar-refractivity contribution < 1.29 is 35.6 Å². The topological polar surface area (TPSA) is 41.9 Å². The molecule has 266 valence electrons. The molecule has 0 N–H and O–H groups in total. The maximum Gasteiger partial charge on any atom is 0.0972 e. The number of anilines is 3. The lowest BCUT2D eigenvalue weighted by molar-refractivity contribution is 1.28. The minimum Gasteiger partial charge on any atom is -0.311 e. The standard InChI is InChI=1S/C53H34N4/c1-4-13-35(14-5-1)47-33-27-37-23-24-38-28-34-49(56-53(38)52(37)54-47)43-20-12-21-44-42(43)31-32-46-50(44)45-19-10-11-22-48(45)55-51(46)36-25-29-41(30-26-36)57(39-15-6-2-7-16-39)40-17-8-3-9-18-40/h1-34H/i1D,4D,6D,7D,10D,11D,12D,13D,14D,15D,16D,19D,20D,22D,23D,24D,25D,26D,27D,28D,29D,30D,31D,32D,33D,34D. The van der Waals surface area contributed by atoms with E-state index in [0.29, 0.717) is 0 Å². The molecule has 0 saturated heterocycles. The summed E-state index contributed by atoms with van der Waals surface area (Å²) in [6.45, 7) is 0. The first-order valence-corrected chi connectivity index (χ1v) is 17.2. The molecule has 0 aliphatic heterocycles. The van der Waals surface area contributed by atoms with Gasteiger partial charge in [-0.2, -0.15) is 0 Å². The first-order valence-electron chi connectivity index (χ1n) is 30.2. The van der Waals surface area contributed by atoms with Crippen LogP contribution in [-0.4, -0.2) is 15.0 Å². The Morgan fingerprint density at radius 2 is 1.09 bits per heavy atom. The summed E-state index contributed by atoms with van der Waals surface area (Å²) in [5, 5.41) is -3.18. The molecule has 57 heavy (non-hydrogen) atoms. The van der Waals surface area contributed by atoms with Gasteiger partial charge in [0.2, 0.25) is 0 Å². The van der Waals surface area contributed by atoms with Crippen molar-refractivity contribution >= 4 is 71.3 Å². The van der Waals surface area contributed by atoms with Crippen molar-refractivity contribution in [1.82, 2.24) is 15.0 Å². The van der Waals surface area contributed by atoms with Crippen LogP contribution in [0.2, 0.25) is 0 Å². The molecular weight excluding hydrogens is 693 g/mol. The molecule has 0 saturated carbocycles. The van der Waals surface area contributed by atoms with Crippen molar-refractivity contribution in [2.24, 2.45) is 0 Å². The van der Waals surface area contributed by atoms with Gasteiger partial charge >= 0.3 is 0 Å². The average molecular weight is 753 g/mol. The van der Waals surface area contributed by atoms with Crippen molar-refractivity contribution in [2.45, 2.75) is 0 Å². The van der Waals surface area contributed by atoms with Crippen LogP contribution in [0.4, 0.5) is 17.1 Å². The monoisotopic (exact) mass is 752 g/mol. The van der Waals surface area contributed by atoms with Crippen LogP contribution in [0.25, 0.3) is 88.0 Å². The van der Waals surface area contributed by atoms with Gasteiger partial charge in [-0.05, 0) is 65.2 Å². The van der Waals surface area contributed by atoms with E-state index in [1.807, 2.05) is 0 Å². The number of nitrogens with zero attached hydrogens (tertiary/aromatic N) is 4. The summed E-state index contributed by atoms with van der Waals surface area (Å²) in [6.07, 6.45) is 0. The van der Waals surface area contributed by atoms with E-state index in [4.69, 9.17) is 20.6 Å². The highest BCUT2D eigenvalue weighted by Gasteiger charge is 2.18. The molecule has 0 bridgehead atoms. The third kappa shape index (κ3) is 5.66. The molecule has 0 radical (unpaired) electrons. The zero-order valence-corrected chi connectivity index (χ0v) is 28.9. The minimum atomic E-state index is -0.896. The maximum absolute atomic E-state index is 9.82. The fraction of sp³-hybridized carbons (Fsp3) is 0. The Morgan fingerprint density at radius 3 is 1.91 bits per heavy atom. The lowest BCUT2D eigenvalue weighted by atomic mass is 9.92. The lowest BCUT2D eigenvalue weighted by Gasteiger charge is -2.25. The van der Waals surface area contributed by atoms with Gasteiger partial charge < -0.3 is 4.90 Å². The number of rotatable bonds is 6. The van der Waals surface area contributed by atoms with E-state index in [1.165, 1.54) is 12.1 Å². The predicted octanol–water partition coefficient (Wildman–Crippen LogP) is 14.1. The van der Waals surface area contributed by atoms with Gasteiger partial charge in [0.1, 0.15) is 0 Å². The Morgan fingerprint density at radius 1 is 0.386 bits per heavy atom. The number of hydrogen-bond acceptors (Lipinski definition) is 4. The molecule has 0 spiro atoms. The summed E-state index contributed by atoms with van der Waals surface area (Å²) in [5.41, 5.74) is -6.10. The molecule has 0 fully saturated rings. The summed E-state index contributed by atoms with van der Waals surface area (Å²) in [5.74, 6) is 0. The molecule has 11 aromatic rings. The van der Waals surface area contributed by atoms with Crippen molar-refractivity contribution in [3.8, 4) is 33.8 Å². The van der Waals surface area contributed by atoms with E-state index in [-0.39, 0.29) is 11.1 Å². The molecule has 3 heterocycles. The second-order valence-corrected chi connectivity index (χ2v) is 12.4. The van der Waals surface area contributed by atoms with Crippen molar-refractivity contribution in [3.05, 3.63) is 206 Å². The fourth-order valence-corrected chi connectivity index (χ4v) is 6.55. The predicted molar refractivity (Wildman–Crippen MR) is 238 cm³/mol. The molecule has 0 unspecified atom stereocenters. The van der Waals surface area contributed by atoms with Gasteiger partial charge in [0.15, 0.2) is 0 Å². The van der Waals surface area contributed by atoms with Gasteiger partial charge in [-0.25, -0.2) is 15.0 Å². The van der Waals surface area contributed by atoms with Crippen LogP contribution < -0.4 is 4.90 Å². The van der Waals surface area contributed by atoms with Gasteiger partial charge in [-0.1, -0.05) is 151 Å². The van der Waals surface area contributed by atoms with Crippen LogP contribution in [0.3, 0.4) is 0 Å². The maximum atomic E-state index is 9.82. The van der Waals surface area contributed by atoms with Crippen LogP contribution in [0.5, 0.6) is 0 Å². The molecule has 4 heteroatoms. The van der Waals surface area contributed by atoms with Crippen LogP contribution >= 0.6 is 0 Å². The summed E-state index contributed by atoms with van der Waals surface area (Å²) in [6, 6.07) is -8.69. The van der Waals surface area contributed by atoms with Crippen LogP contribution in [-0.2, 0) is 0 Å². The minimum absolute atomic E-state index is 0.0886. The van der Waals surface area contributed by atoms with E-state index >= 15 is 0 Å². The van der Waals surface area contributed by atoms with Gasteiger partial charge in [-0.3, -0.25) is 0 Å². The Labute approximate surface area is 366 Å². The second-order valence-electron chi connectivity index (χ2n) is 12.4. The van der Waals surface area contributed by atoms with Gasteiger partial charge in [-0.15, -0.1) is 0 Å². The van der Waals surface area contributed by atoms with Gasteiger partial charge in [0.05, 0.1) is 69.3 Å². The van der Waals surface area contributed by atoms with Gasteiger partial charge in [0, 0.05) is 60.7 Å². The fourth-order valence-electron chi connectivity index (χ4n) is 6.55. The largest absolute Gasteiger partial charge is 0.311 e. The van der Waals surface area contributed by atoms with E-state index < -0.39 is 251 Å². The molecule has 4 nitrogen and oxygen atoms in total. The summed E-state index contributed by atoms with van der Waals surface area (Å²) >= 11 is 0. The molecule has 0 amide bonds. The quantitative estimate of drug-likeness (QED) is 0.159. The molecule has 8 aromatic carbocycles. The van der Waals surface area contributed by atoms with E-state index in [0.717, 1.165) is 23.1 Å². The van der Waals surface area contributed by atoms with E-state index in [1.54, 1.807) is 18.2 Å². The lowest BCUT2D eigenvalue weighted by Crippen LogP contribution is -2.09. The third-order valence-electron chi connectivity index (χ3n) is 9.07. The first kappa shape index (κ1) is 15.8. The number of fused-ring (bicyclic) bond motifs is 8.